The number of hydrogen-bond acceptors (Lipinski definition) is 4. The van der Waals surface area contributed by atoms with E-state index in [1.54, 1.807) is 0 Å². The lowest BCUT2D eigenvalue weighted by Crippen LogP contribution is -2.41. The highest BCUT2D eigenvalue weighted by Crippen LogP contribution is 2.46. The summed E-state index contributed by atoms with van der Waals surface area (Å²) >= 11 is 0. The lowest BCUT2D eigenvalue weighted by Gasteiger charge is -2.45. The van der Waals surface area contributed by atoms with Crippen molar-refractivity contribution in [3.05, 3.63) is 36.1 Å². The molecule has 3 rings (SSSR count). The number of aliphatic hydroxyl groups is 1. The van der Waals surface area contributed by atoms with Crippen LogP contribution in [0.3, 0.4) is 0 Å². The van der Waals surface area contributed by atoms with Gasteiger partial charge in [0.25, 0.3) is 0 Å². The molecule has 2 aliphatic carbocycles. The standard InChI is InChI=1S/C26H40O4/c1-7-26(5,6)18(4)29-23-13-16(2)12-19-9-8-17(3)22(25(19)23)11-10-21-14-20(27)15-24(28)30-21/h8-9,12,16-17,20-23,25,27H,4,7,10-11,13-15H2,1-3,5-6H3/t16-,17-,20?,21+,22-,23-,25-/m0/s1. The number of esters is 1. The van der Waals surface area contributed by atoms with Crippen LogP contribution in [0.25, 0.3) is 0 Å². The smallest absolute Gasteiger partial charge is 0.308 e. The Balaban J connectivity index is 1.76. The van der Waals surface area contributed by atoms with Crippen molar-refractivity contribution < 1.29 is 19.4 Å². The van der Waals surface area contributed by atoms with Crippen molar-refractivity contribution >= 4 is 5.97 Å². The summed E-state index contributed by atoms with van der Waals surface area (Å²) in [6, 6.07) is 0. The molecule has 168 valence electrons. The van der Waals surface area contributed by atoms with Gasteiger partial charge in [0, 0.05) is 17.8 Å². The van der Waals surface area contributed by atoms with Crippen LogP contribution in [0.5, 0.6) is 0 Å². The lowest BCUT2D eigenvalue weighted by molar-refractivity contribution is -0.160. The quantitative estimate of drug-likeness (QED) is 0.435. The molecule has 4 heteroatoms. The SMILES string of the molecule is C=C(O[C@H]1C[C@@H](C)C=C2C=C[C@H](C)[C@H](CC[C@@H]3CC(O)CC(=O)O3)[C@H]21)C(C)(C)CC. The highest BCUT2D eigenvalue weighted by Gasteiger charge is 2.42. The Morgan fingerprint density at radius 2 is 2.03 bits per heavy atom. The summed E-state index contributed by atoms with van der Waals surface area (Å²) in [6.07, 6.45) is 10.8. The van der Waals surface area contributed by atoms with Gasteiger partial charge < -0.3 is 14.6 Å². The van der Waals surface area contributed by atoms with Gasteiger partial charge in [-0.1, -0.05) is 59.4 Å². The first-order valence-electron chi connectivity index (χ1n) is 11.7. The summed E-state index contributed by atoms with van der Waals surface area (Å²) in [5, 5.41) is 9.95. The minimum atomic E-state index is -0.568. The van der Waals surface area contributed by atoms with Gasteiger partial charge in [-0.25, -0.2) is 0 Å². The topological polar surface area (TPSA) is 55.8 Å². The fourth-order valence-electron chi connectivity index (χ4n) is 5.18. The molecule has 1 aliphatic heterocycles. The van der Waals surface area contributed by atoms with E-state index in [-0.39, 0.29) is 30.0 Å². The maximum absolute atomic E-state index is 11.7. The number of carbonyl (C=O) groups is 1. The van der Waals surface area contributed by atoms with Gasteiger partial charge in [0.15, 0.2) is 0 Å². The Morgan fingerprint density at radius 3 is 2.70 bits per heavy atom. The molecule has 4 nitrogen and oxygen atoms in total. The maximum atomic E-state index is 11.7. The average molecular weight is 417 g/mol. The van der Waals surface area contributed by atoms with Crippen molar-refractivity contribution in [2.24, 2.45) is 29.1 Å². The Kier molecular flexibility index (Phi) is 7.16. The monoisotopic (exact) mass is 416 g/mol. The molecule has 1 fully saturated rings. The van der Waals surface area contributed by atoms with Crippen LogP contribution < -0.4 is 0 Å². The van der Waals surface area contributed by atoms with Crippen molar-refractivity contribution in [3.8, 4) is 0 Å². The van der Waals surface area contributed by atoms with E-state index in [9.17, 15) is 9.90 Å². The zero-order valence-corrected chi connectivity index (χ0v) is 19.4. The lowest BCUT2D eigenvalue weighted by atomic mass is 9.65. The molecule has 0 saturated carbocycles. The van der Waals surface area contributed by atoms with Crippen LogP contribution in [-0.4, -0.2) is 29.4 Å². The van der Waals surface area contributed by atoms with Crippen LogP contribution in [-0.2, 0) is 14.3 Å². The van der Waals surface area contributed by atoms with Gasteiger partial charge >= 0.3 is 5.97 Å². The van der Waals surface area contributed by atoms with E-state index in [0.717, 1.165) is 31.4 Å². The number of rotatable bonds is 7. The van der Waals surface area contributed by atoms with Gasteiger partial charge in [-0.3, -0.25) is 4.79 Å². The fourth-order valence-corrected chi connectivity index (χ4v) is 5.18. The second-order valence-corrected chi connectivity index (χ2v) is 10.4. The first kappa shape index (κ1) is 23.1. The minimum absolute atomic E-state index is 0.0391. The Hall–Kier alpha value is -1.55. The maximum Gasteiger partial charge on any atom is 0.308 e. The molecule has 1 unspecified atom stereocenters. The highest BCUT2D eigenvalue weighted by atomic mass is 16.5. The van der Waals surface area contributed by atoms with Crippen molar-refractivity contribution in [2.75, 3.05) is 0 Å². The van der Waals surface area contributed by atoms with Crippen LogP contribution >= 0.6 is 0 Å². The molecule has 1 saturated heterocycles. The van der Waals surface area contributed by atoms with E-state index < -0.39 is 6.10 Å². The number of cyclic esters (lactones) is 1. The van der Waals surface area contributed by atoms with Crippen LogP contribution in [0.4, 0.5) is 0 Å². The summed E-state index contributed by atoms with van der Waals surface area (Å²) in [6.45, 7) is 15.4. The summed E-state index contributed by atoms with van der Waals surface area (Å²) in [5.74, 6) is 2.27. The third-order valence-corrected chi connectivity index (χ3v) is 7.59. The summed E-state index contributed by atoms with van der Waals surface area (Å²) in [7, 11) is 0. The molecule has 0 aromatic rings. The van der Waals surface area contributed by atoms with E-state index >= 15 is 0 Å². The zero-order valence-electron chi connectivity index (χ0n) is 19.4. The van der Waals surface area contributed by atoms with Gasteiger partial charge in [-0.05, 0) is 49.0 Å². The van der Waals surface area contributed by atoms with Crippen LogP contribution in [0.15, 0.2) is 36.1 Å². The molecule has 0 bridgehead atoms. The van der Waals surface area contributed by atoms with Gasteiger partial charge in [-0.15, -0.1) is 0 Å². The second kappa shape index (κ2) is 9.30. The average Bonchev–Trinajstić information content (AvgIpc) is 2.66. The van der Waals surface area contributed by atoms with Crippen molar-refractivity contribution in [3.63, 3.8) is 0 Å². The highest BCUT2D eigenvalue weighted by molar-refractivity contribution is 5.70. The van der Waals surface area contributed by atoms with Gasteiger partial charge in [0.1, 0.15) is 12.2 Å². The summed E-state index contributed by atoms with van der Waals surface area (Å²) in [5.41, 5.74) is 1.34. The van der Waals surface area contributed by atoms with E-state index in [1.807, 2.05) is 0 Å². The first-order chi connectivity index (χ1) is 14.1. The van der Waals surface area contributed by atoms with E-state index in [4.69, 9.17) is 9.47 Å². The van der Waals surface area contributed by atoms with Gasteiger partial charge in [-0.2, -0.15) is 0 Å². The van der Waals surface area contributed by atoms with Crippen molar-refractivity contribution in [1.82, 2.24) is 0 Å². The number of ether oxygens (including phenoxy) is 2. The largest absolute Gasteiger partial charge is 0.494 e. The number of hydrogen-bond donors (Lipinski definition) is 1. The predicted molar refractivity (Wildman–Crippen MR) is 120 cm³/mol. The van der Waals surface area contributed by atoms with E-state index in [1.165, 1.54) is 5.57 Å². The Morgan fingerprint density at radius 1 is 1.30 bits per heavy atom. The third kappa shape index (κ3) is 5.19. The Labute approximate surface area is 182 Å². The zero-order chi connectivity index (χ0) is 22.1. The molecular formula is C26H40O4. The molecule has 0 amide bonds. The molecule has 0 aromatic carbocycles. The predicted octanol–water partition coefficient (Wildman–Crippen LogP) is 5.57. The molecular weight excluding hydrogens is 376 g/mol. The summed E-state index contributed by atoms with van der Waals surface area (Å²) in [4.78, 5) is 11.7. The molecule has 0 spiro atoms. The fraction of sp³-hybridized carbons (Fsp3) is 0.731. The first-order valence-corrected chi connectivity index (χ1v) is 11.7. The molecule has 1 N–H and O–H groups in total. The van der Waals surface area contributed by atoms with Crippen LogP contribution in [0.2, 0.25) is 0 Å². The number of carbonyl (C=O) groups excluding carboxylic acids is 1. The van der Waals surface area contributed by atoms with E-state index in [2.05, 4.69) is 59.4 Å². The molecule has 3 aliphatic rings. The summed E-state index contributed by atoms with van der Waals surface area (Å²) < 4.78 is 12.1. The normalized spacial score (nSPS) is 36.5. The molecule has 0 aromatic heterocycles. The van der Waals surface area contributed by atoms with Crippen LogP contribution in [0, 0.1) is 29.1 Å². The van der Waals surface area contributed by atoms with Crippen LogP contribution in [0.1, 0.15) is 73.1 Å². The number of allylic oxidation sites excluding steroid dienone is 4. The van der Waals surface area contributed by atoms with Gasteiger partial charge in [0.05, 0.1) is 18.3 Å². The third-order valence-electron chi connectivity index (χ3n) is 7.59. The van der Waals surface area contributed by atoms with E-state index in [0.29, 0.717) is 30.1 Å². The molecule has 1 heterocycles. The van der Waals surface area contributed by atoms with Crippen molar-refractivity contribution in [1.29, 1.82) is 0 Å². The van der Waals surface area contributed by atoms with Crippen molar-refractivity contribution in [2.45, 2.75) is 91.5 Å². The minimum Gasteiger partial charge on any atom is -0.494 e. The van der Waals surface area contributed by atoms with Gasteiger partial charge in [0.2, 0.25) is 0 Å². The number of fused-ring (bicyclic) bond motifs is 1. The molecule has 0 radical (unpaired) electrons. The molecule has 30 heavy (non-hydrogen) atoms. The second-order valence-electron chi connectivity index (χ2n) is 10.4. The molecule has 7 atom stereocenters. The number of aliphatic hydroxyl groups excluding tert-OH is 1. The Bertz CT molecular complexity index is 704.